The molecule has 1 rings (SSSR count). The third-order valence-corrected chi connectivity index (χ3v) is 3.17. The van der Waals surface area contributed by atoms with Crippen molar-refractivity contribution in [2.45, 2.75) is 25.4 Å². The number of nitrogens with one attached hydrogen (secondary N) is 1. The topological polar surface area (TPSA) is 12.0 Å². The van der Waals surface area contributed by atoms with E-state index in [2.05, 4.69) is 5.32 Å². The molecule has 0 aliphatic heterocycles. The third-order valence-electron chi connectivity index (χ3n) is 2.51. The van der Waals surface area contributed by atoms with Gasteiger partial charge in [-0.25, -0.2) is 4.39 Å². The normalized spacial score (nSPS) is 13.8. The van der Waals surface area contributed by atoms with E-state index in [0.29, 0.717) is 12.6 Å². The fourth-order valence-corrected chi connectivity index (χ4v) is 1.36. The third kappa shape index (κ3) is 4.05. The molecule has 0 bridgehead atoms. The molecule has 1 aromatic rings. The van der Waals surface area contributed by atoms with Crippen molar-refractivity contribution < 1.29 is 17.6 Å². The van der Waals surface area contributed by atoms with Crippen LogP contribution in [0.3, 0.4) is 0 Å². The zero-order chi connectivity index (χ0) is 13.9. The Balaban J connectivity index is 2.75. The van der Waals surface area contributed by atoms with E-state index in [4.69, 9.17) is 11.6 Å². The van der Waals surface area contributed by atoms with Gasteiger partial charge in [0.25, 0.3) is 0 Å². The zero-order valence-electron chi connectivity index (χ0n) is 9.98. The fourth-order valence-electron chi connectivity index (χ4n) is 1.28. The monoisotopic (exact) mass is 283 g/mol. The summed E-state index contributed by atoms with van der Waals surface area (Å²) in [5.41, 5.74) is -0.980. The molecule has 1 nitrogen and oxygen atoms in total. The lowest BCUT2D eigenvalue weighted by Crippen LogP contribution is -2.20. The molecule has 18 heavy (non-hydrogen) atoms. The lowest BCUT2D eigenvalue weighted by atomic mass is 10.1. The molecule has 0 fully saturated rings. The number of hydrogen-bond acceptors (Lipinski definition) is 1. The quantitative estimate of drug-likeness (QED) is 0.633. The van der Waals surface area contributed by atoms with Crippen molar-refractivity contribution in [1.82, 2.24) is 0 Å². The number of rotatable bonds is 4. The molecule has 1 N–H and O–H groups in total. The Hall–Kier alpha value is -0.970. The highest BCUT2D eigenvalue weighted by atomic mass is 35.5. The predicted molar refractivity (Wildman–Crippen MR) is 64.4 cm³/mol. The summed E-state index contributed by atoms with van der Waals surface area (Å²) in [6.07, 6.45) is -4.54. The number of anilines is 1. The van der Waals surface area contributed by atoms with E-state index < -0.39 is 17.6 Å². The van der Waals surface area contributed by atoms with Crippen LogP contribution in [-0.2, 0) is 6.18 Å². The molecule has 0 saturated heterocycles. The van der Waals surface area contributed by atoms with Crippen molar-refractivity contribution in [1.29, 1.82) is 0 Å². The molecule has 0 spiro atoms. The van der Waals surface area contributed by atoms with Crippen molar-refractivity contribution in [2.24, 2.45) is 5.92 Å². The molecule has 0 aliphatic carbocycles. The SMILES string of the molecule is CC(C)C(Cl)CNc1ccc(C(F)(F)F)cc1F. The summed E-state index contributed by atoms with van der Waals surface area (Å²) in [5.74, 6) is -0.742. The van der Waals surface area contributed by atoms with Crippen LogP contribution in [0.2, 0.25) is 0 Å². The molecule has 0 heterocycles. The molecule has 1 unspecified atom stereocenters. The predicted octanol–water partition coefficient (Wildman–Crippen LogP) is 4.52. The Morgan fingerprint density at radius 1 is 1.28 bits per heavy atom. The summed E-state index contributed by atoms with van der Waals surface area (Å²) >= 11 is 5.96. The Kier molecular flexibility index (Phi) is 4.85. The summed E-state index contributed by atoms with van der Waals surface area (Å²) in [6.45, 7) is 4.10. The Bertz CT molecular complexity index is 404. The highest BCUT2D eigenvalue weighted by Crippen LogP contribution is 2.31. The average molecular weight is 284 g/mol. The summed E-state index contributed by atoms with van der Waals surface area (Å²) in [7, 11) is 0. The molecule has 1 atom stereocenters. The average Bonchev–Trinajstić information content (AvgIpc) is 2.25. The minimum absolute atomic E-state index is 0.0225. The van der Waals surface area contributed by atoms with Crippen LogP contribution in [-0.4, -0.2) is 11.9 Å². The molecular formula is C12H14ClF4N. The van der Waals surface area contributed by atoms with Gasteiger partial charge in [-0.2, -0.15) is 13.2 Å². The van der Waals surface area contributed by atoms with Crippen molar-refractivity contribution in [3.05, 3.63) is 29.6 Å². The maximum atomic E-state index is 13.4. The highest BCUT2D eigenvalue weighted by Gasteiger charge is 2.31. The van der Waals surface area contributed by atoms with Gasteiger partial charge in [0.05, 0.1) is 16.6 Å². The molecule has 6 heteroatoms. The first kappa shape index (κ1) is 15.1. The molecular weight excluding hydrogens is 270 g/mol. The molecule has 0 amide bonds. The maximum absolute atomic E-state index is 13.4. The first-order valence-corrected chi connectivity index (χ1v) is 5.90. The largest absolute Gasteiger partial charge is 0.416 e. The molecule has 0 aromatic heterocycles. The van der Waals surface area contributed by atoms with E-state index in [9.17, 15) is 17.6 Å². The second kappa shape index (κ2) is 5.78. The van der Waals surface area contributed by atoms with Crippen LogP contribution in [0.4, 0.5) is 23.2 Å². The van der Waals surface area contributed by atoms with Gasteiger partial charge in [0, 0.05) is 6.54 Å². The fraction of sp³-hybridized carbons (Fsp3) is 0.500. The maximum Gasteiger partial charge on any atom is 0.416 e. The second-order valence-corrected chi connectivity index (χ2v) is 4.89. The van der Waals surface area contributed by atoms with Gasteiger partial charge in [-0.1, -0.05) is 13.8 Å². The number of benzene rings is 1. The summed E-state index contributed by atoms with van der Waals surface area (Å²) in [4.78, 5) is 0. The van der Waals surface area contributed by atoms with Gasteiger partial charge < -0.3 is 5.32 Å². The van der Waals surface area contributed by atoms with Crippen LogP contribution >= 0.6 is 11.6 Å². The van der Waals surface area contributed by atoms with E-state index in [0.717, 1.165) is 12.1 Å². The minimum atomic E-state index is -4.54. The van der Waals surface area contributed by atoms with Crippen molar-refractivity contribution >= 4 is 17.3 Å². The van der Waals surface area contributed by atoms with E-state index in [1.165, 1.54) is 0 Å². The minimum Gasteiger partial charge on any atom is -0.381 e. The van der Waals surface area contributed by atoms with E-state index in [-0.39, 0.29) is 17.0 Å². The first-order chi connectivity index (χ1) is 8.21. The summed E-state index contributed by atoms with van der Waals surface area (Å²) in [6, 6.07) is 2.38. The Morgan fingerprint density at radius 2 is 1.89 bits per heavy atom. The number of alkyl halides is 4. The molecule has 0 saturated carbocycles. The van der Waals surface area contributed by atoms with Gasteiger partial charge in [0.15, 0.2) is 0 Å². The standard InChI is InChI=1S/C12H14ClF4N/c1-7(2)9(13)6-18-11-4-3-8(5-10(11)14)12(15,16)17/h3-5,7,9,18H,6H2,1-2H3. The lowest BCUT2D eigenvalue weighted by Gasteiger charge is -2.16. The zero-order valence-corrected chi connectivity index (χ0v) is 10.7. The molecule has 1 aromatic carbocycles. The van der Waals surface area contributed by atoms with Crippen LogP contribution in [0.5, 0.6) is 0 Å². The van der Waals surface area contributed by atoms with Crippen LogP contribution in [0.25, 0.3) is 0 Å². The summed E-state index contributed by atoms with van der Waals surface area (Å²) < 4.78 is 50.4. The van der Waals surface area contributed by atoms with E-state index in [1.807, 2.05) is 13.8 Å². The van der Waals surface area contributed by atoms with E-state index in [1.54, 1.807) is 0 Å². The smallest absolute Gasteiger partial charge is 0.381 e. The Morgan fingerprint density at radius 3 is 2.33 bits per heavy atom. The first-order valence-electron chi connectivity index (χ1n) is 5.46. The highest BCUT2D eigenvalue weighted by molar-refractivity contribution is 6.21. The van der Waals surface area contributed by atoms with Crippen LogP contribution in [0, 0.1) is 11.7 Å². The van der Waals surface area contributed by atoms with Gasteiger partial charge in [-0.3, -0.25) is 0 Å². The Labute approximate surface area is 108 Å². The van der Waals surface area contributed by atoms with Crippen molar-refractivity contribution in [2.75, 3.05) is 11.9 Å². The van der Waals surface area contributed by atoms with Gasteiger partial charge in [-0.05, 0) is 24.1 Å². The van der Waals surface area contributed by atoms with Gasteiger partial charge in [0.1, 0.15) is 5.82 Å². The van der Waals surface area contributed by atoms with Crippen molar-refractivity contribution in [3.8, 4) is 0 Å². The molecule has 0 radical (unpaired) electrons. The van der Waals surface area contributed by atoms with Gasteiger partial charge in [0.2, 0.25) is 0 Å². The summed E-state index contributed by atoms with van der Waals surface area (Å²) in [5, 5.41) is 2.48. The lowest BCUT2D eigenvalue weighted by molar-refractivity contribution is -0.137. The molecule has 102 valence electrons. The number of halogens is 5. The van der Waals surface area contributed by atoms with Gasteiger partial charge in [-0.15, -0.1) is 11.6 Å². The van der Waals surface area contributed by atoms with Crippen LogP contribution < -0.4 is 5.32 Å². The van der Waals surface area contributed by atoms with Gasteiger partial charge >= 0.3 is 6.18 Å². The van der Waals surface area contributed by atoms with E-state index >= 15 is 0 Å². The number of hydrogen-bond donors (Lipinski definition) is 1. The second-order valence-electron chi connectivity index (χ2n) is 4.33. The van der Waals surface area contributed by atoms with Crippen LogP contribution in [0.1, 0.15) is 19.4 Å². The van der Waals surface area contributed by atoms with Crippen molar-refractivity contribution in [3.63, 3.8) is 0 Å². The van der Waals surface area contributed by atoms with Crippen LogP contribution in [0.15, 0.2) is 18.2 Å². The molecule has 0 aliphatic rings.